The molecule has 1 N–H and O–H groups in total. The summed E-state index contributed by atoms with van der Waals surface area (Å²) in [5, 5.41) is 2.82. The minimum Gasteiger partial charge on any atom is -0.355 e. The van der Waals surface area contributed by atoms with Gasteiger partial charge in [0.15, 0.2) is 0 Å². The van der Waals surface area contributed by atoms with Crippen molar-refractivity contribution in [2.24, 2.45) is 0 Å². The van der Waals surface area contributed by atoms with E-state index < -0.39 is 6.04 Å². The number of aryl methyl sites for hydroxylation is 2. The first-order chi connectivity index (χ1) is 12.5. The molecule has 2 rings (SSSR count). The van der Waals surface area contributed by atoms with E-state index in [1.165, 1.54) is 0 Å². The highest BCUT2D eigenvalue weighted by Gasteiger charge is 2.25. The number of carbonyl (C=O) groups excluding carboxylic acids is 2. The van der Waals surface area contributed by atoms with Crippen molar-refractivity contribution in [1.82, 2.24) is 10.2 Å². The first-order valence-corrected chi connectivity index (χ1v) is 9.18. The van der Waals surface area contributed by atoms with Crippen LogP contribution in [0.15, 0.2) is 54.6 Å². The van der Waals surface area contributed by atoms with Gasteiger partial charge in [-0.05, 0) is 43.9 Å². The average Bonchev–Trinajstić information content (AvgIpc) is 2.66. The van der Waals surface area contributed by atoms with Crippen LogP contribution in [0, 0.1) is 6.92 Å². The van der Waals surface area contributed by atoms with Crippen molar-refractivity contribution in [2.45, 2.75) is 46.2 Å². The fourth-order valence-corrected chi connectivity index (χ4v) is 2.92. The van der Waals surface area contributed by atoms with E-state index in [0.29, 0.717) is 25.9 Å². The van der Waals surface area contributed by atoms with Crippen LogP contribution in [0.25, 0.3) is 0 Å². The molecule has 0 saturated heterocycles. The predicted molar refractivity (Wildman–Crippen MR) is 105 cm³/mol. The topological polar surface area (TPSA) is 49.4 Å². The van der Waals surface area contributed by atoms with Crippen LogP contribution < -0.4 is 5.32 Å². The van der Waals surface area contributed by atoms with Gasteiger partial charge in [-0.25, -0.2) is 0 Å². The summed E-state index contributed by atoms with van der Waals surface area (Å²) in [7, 11) is 0. The van der Waals surface area contributed by atoms with Crippen molar-refractivity contribution in [1.29, 1.82) is 0 Å². The van der Waals surface area contributed by atoms with Gasteiger partial charge in [-0.15, -0.1) is 0 Å². The van der Waals surface area contributed by atoms with Crippen LogP contribution in [0.4, 0.5) is 0 Å². The lowest BCUT2D eigenvalue weighted by molar-refractivity contribution is -0.140. The summed E-state index contributed by atoms with van der Waals surface area (Å²) in [5.41, 5.74) is 3.32. The fourth-order valence-electron chi connectivity index (χ4n) is 2.92. The molecule has 0 aliphatic heterocycles. The van der Waals surface area contributed by atoms with E-state index in [1.807, 2.05) is 68.4 Å². The maximum absolute atomic E-state index is 12.9. The van der Waals surface area contributed by atoms with E-state index in [-0.39, 0.29) is 11.8 Å². The van der Waals surface area contributed by atoms with Gasteiger partial charge in [-0.1, -0.05) is 54.6 Å². The standard InChI is InChI=1S/C22H28N2O2/c1-4-23-22(26)18(3)24(16-20-13-9-8-10-17(20)2)21(25)15-14-19-11-6-5-7-12-19/h5-13,18H,4,14-16H2,1-3H3,(H,23,26)/t18-/m1/s1. The van der Waals surface area contributed by atoms with Crippen molar-refractivity contribution in [3.63, 3.8) is 0 Å². The van der Waals surface area contributed by atoms with Gasteiger partial charge in [0.1, 0.15) is 6.04 Å². The zero-order valence-corrected chi connectivity index (χ0v) is 15.9. The van der Waals surface area contributed by atoms with E-state index in [2.05, 4.69) is 5.32 Å². The first kappa shape index (κ1) is 19.7. The minimum atomic E-state index is -0.502. The molecule has 0 aliphatic carbocycles. The van der Waals surface area contributed by atoms with Gasteiger partial charge < -0.3 is 10.2 Å². The third kappa shape index (κ3) is 5.45. The molecule has 0 heterocycles. The highest BCUT2D eigenvalue weighted by Crippen LogP contribution is 2.15. The fraction of sp³-hybridized carbons (Fsp3) is 0.364. The van der Waals surface area contributed by atoms with Crippen LogP contribution in [-0.4, -0.2) is 29.3 Å². The first-order valence-electron chi connectivity index (χ1n) is 9.18. The van der Waals surface area contributed by atoms with Gasteiger partial charge in [0.25, 0.3) is 0 Å². The third-order valence-electron chi connectivity index (χ3n) is 4.59. The Balaban J connectivity index is 2.14. The normalized spacial score (nSPS) is 11.7. The number of rotatable bonds is 8. The number of nitrogens with zero attached hydrogens (tertiary/aromatic N) is 1. The van der Waals surface area contributed by atoms with Gasteiger partial charge in [0.2, 0.25) is 11.8 Å². The molecule has 0 aromatic heterocycles. The van der Waals surface area contributed by atoms with E-state index >= 15 is 0 Å². The molecular weight excluding hydrogens is 324 g/mol. The molecule has 0 aliphatic rings. The molecule has 1 atom stereocenters. The average molecular weight is 352 g/mol. The van der Waals surface area contributed by atoms with Crippen LogP contribution >= 0.6 is 0 Å². The number of nitrogens with one attached hydrogen (secondary N) is 1. The molecule has 26 heavy (non-hydrogen) atoms. The van der Waals surface area contributed by atoms with Gasteiger partial charge in [0, 0.05) is 19.5 Å². The predicted octanol–water partition coefficient (Wildman–Crippen LogP) is 3.48. The summed E-state index contributed by atoms with van der Waals surface area (Å²) >= 11 is 0. The monoisotopic (exact) mass is 352 g/mol. The molecule has 0 fully saturated rings. The van der Waals surface area contributed by atoms with Crippen molar-refractivity contribution in [3.05, 3.63) is 71.3 Å². The largest absolute Gasteiger partial charge is 0.355 e. The Morgan fingerprint density at radius 3 is 2.35 bits per heavy atom. The van der Waals surface area contributed by atoms with E-state index in [4.69, 9.17) is 0 Å². The van der Waals surface area contributed by atoms with E-state index in [0.717, 1.165) is 16.7 Å². The van der Waals surface area contributed by atoms with Crippen molar-refractivity contribution >= 4 is 11.8 Å². The number of amides is 2. The van der Waals surface area contributed by atoms with Crippen LogP contribution in [0.3, 0.4) is 0 Å². The molecule has 138 valence electrons. The van der Waals surface area contributed by atoms with Crippen LogP contribution in [0.5, 0.6) is 0 Å². The second-order valence-electron chi connectivity index (χ2n) is 6.50. The highest BCUT2D eigenvalue weighted by molar-refractivity contribution is 5.87. The lowest BCUT2D eigenvalue weighted by Gasteiger charge is -2.29. The van der Waals surface area contributed by atoms with Crippen molar-refractivity contribution in [3.8, 4) is 0 Å². The van der Waals surface area contributed by atoms with Crippen LogP contribution in [0.2, 0.25) is 0 Å². The minimum absolute atomic E-state index is 0.00383. The zero-order chi connectivity index (χ0) is 18.9. The van der Waals surface area contributed by atoms with E-state index in [1.54, 1.807) is 11.8 Å². The van der Waals surface area contributed by atoms with Crippen LogP contribution in [0.1, 0.15) is 37.0 Å². The number of hydrogen-bond acceptors (Lipinski definition) is 2. The molecule has 2 aromatic rings. The number of carbonyl (C=O) groups is 2. The van der Waals surface area contributed by atoms with Crippen molar-refractivity contribution < 1.29 is 9.59 Å². The number of benzene rings is 2. The summed E-state index contributed by atoms with van der Waals surface area (Å²) in [4.78, 5) is 27.0. The Hall–Kier alpha value is -2.62. The maximum atomic E-state index is 12.9. The lowest BCUT2D eigenvalue weighted by atomic mass is 10.1. The van der Waals surface area contributed by atoms with Crippen LogP contribution in [-0.2, 0) is 22.6 Å². The maximum Gasteiger partial charge on any atom is 0.242 e. The molecule has 0 spiro atoms. The SMILES string of the molecule is CCNC(=O)[C@@H](C)N(Cc1ccccc1C)C(=O)CCc1ccccc1. The third-order valence-corrected chi connectivity index (χ3v) is 4.59. The van der Waals surface area contributed by atoms with Crippen molar-refractivity contribution in [2.75, 3.05) is 6.54 Å². The highest BCUT2D eigenvalue weighted by atomic mass is 16.2. The zero-order valence-electron chi connectivity index (χ0n) is 15.9. The van der Waals surface area contributed by atoms with E-state index in [9.17, 15) is 9.59 Å². The Labute approximate surface area is 156 Å². The summed E-state index contributed by atoms with van der Waals surface area (Å²) in [6, 6.07) is 17.4. The molecule has 2 aromatic carbocycles. The molecule has 0 unspecified atom stereocenters. The smallest absolute Gasteiger partial charge is 0.242 e. The number of hydrogen-bond donors (Lipinski definition) is 1. The molecule has 0 radical (unpaired) electrons. The molecule has 0 bridgehead atoms. The van der Waals surface area contributed by atoms with Gasteiger partial charge in [-0.2, -0.15) is 0 Å². The Morgan fingerprint density at radius 2 is 1.69 bits per heavy atom. The Bertz CT molecular complexity index is 728. The quantitative estimate of drug-likeness (QED) is 0.791. The Morgan fingerprint density at radius 1 is 1.04 bits per heavy atom. The molecule has 0 saturated carbocycles. The van der Waals surface area contributed by atoms with Gasteiger partial charge in [0.05, 0.1) is 0 Å². The molecular formula is C22H28N2O2. The molecule has 4 nitrogen and oxygen atoms in total. The van der Waals surface area contributed by atoms with Gasteiger partial charge >= 0.3 is 0 Å². The lowest BCUT2D eigenvalue weighted by Crippen LogP contribution is -2.47. The molecule has 2 amide bonds. The second kappa shape index (κ2) is 9.76. The summed E-state index contributed by atoms with van der Waals surface area (Å²) in [6.07, 6.45) is 1.06. The summed E-state index contributed by atoms with van der Waals surface area (Å²) in [5.74, 6) is -0.120. The summed E-state index contributed by atoms with van der Waals surface area (Å²) < 4.78 is 0. The number of likely N-dealkylation sites (N-methyl/N-ethyl adjacent to an activating group) is 1. The van der Waals surface area contributed by atoms with Gasteiger partial charge in [-0.3, -0.25) is 9.59 Å². The Kier molecular flexibility index (Phi) is 7.39. The second-order valence-corrected chi connectivity index (χ2v) is 6.50. The summed E-state index contributed by atoms with van der Waals surface area (Å²) in [6.45, 7) is 6.70. The molecule has 4 heteroatoms.